The van der Waals surface area contributed by atoms with E-state index >= 15 is 0 Å². The predicted octanol–water partition coefficient (Wildman–Crippen LogP) is 7.07. The first-order valence-electron chi connectivity index (χ1n) is 12.3. The number of halogens is 1. The number of rotatable bonds is 9. The maximum absolute atomic E-state index is 13.9. The van der Waals surface area contributed by atoms with Crippen LogP contribution >= 0.6 is 23.3 Å². The van der Waals surface area contributed by atoms with Crippen molar-refractivity contribution in [2.45, 2.75) is 50.6 Å². The Labute approximate surface area is 223 Å². The predicted molar refractivity (Wildman–Crippen MR) is 151 cm³/mol. The van der Waals surface area contributed by atoms with Crippen LogP contribution in [0.15, 0.2) is 81.8 Å². The van der Waals surface area contributed by atoms with Crippen molar-refractivity contribution in [1.29, 1.82) is 0 Å². The van der Waals surface area contributed by atoms with E-state index in [1.807, 2.05) is 28.8 Å². The molecule has 0 aliphatic carbocycles. The van der Waals surface area contributed by atoms with E-state index in [2.05, 4.69) is 42.1 Å². The highest BCUT2D eigenvalue weighted by Gasteiger charge is 2.23. The highest BCUT2D eigenvalue weighted by atomic mass is 32.2. The summed E-state index contributed by atoms with van der Waals surface area (Å²) in [5.41, 5.74) is 3.89. The molecule has 0 saturated carbocycles. The molecule has 5 aromatic rings. The first-order valence-corrected chi connectivity index (χ1v) is 14.0. The fourth-order valence-corrected chi connectivity index (χ4v) is 6.59. The average molecular weight is 534 g/mol. The molecule has 190 valence electrons. The highest BCUT2D eigenvalue weighted by Crippen LogP contribution is 2.31. The molecule has 8 heteroatoms. The minimum absolute atomic E-state index is 0.113. The molecule has 37 heavy (non-hydrogen) atoms. The standard InChI is InChI=1S/C29H28FN3O2S2/c1-3-8-22(16-27(34)31-37-23-11-7-10-21(30)15-23)33-25-13-5-4-12-24(25)32(29(33)35)17-20-18-36-26-14-6-9-19(2)28(20)26/h4-7,9-15,18,22H,3,8,16-17H2,1-2H3,(H,31,34). The van der Waals surface area contributed by atoms with Gasteiger partial charge in [0.25, 0.3) is 0 Å². The number of aromatic nitrogens is 2. The third-order valence-electron chi connectivity index (χ3n) is 6.57. The molecule has 0 bridgehead atoms. The summed E-state index contributed by atoms with van der Waals surface area (Å²) in [6.45, 7) is 4.62. The maximum atomic E-state index is 13.9. The lowest BCUT2D eigenvalue weighted by Gasteiger charge is -2.18. The smallest absolute Gasteiger partial charge is 0.296 e. The summed E-state index contributed by atoms with van der Waals surface area (Å²) in [6, 6.07) is 19.9. The van der Waals surface area contributed by atoms with E-state index in [1.165, 1.54) is 27.8 Å². The Morgan fingerprint density at radius 1 is 1.08 bits per heavy atom. The van der Waals surface area contributed by atoms with E-state index < -0.39 is 0 Å². The van der Waals surface area contributed by atoms with Gasteiger partial charge in [-0.3, -0.25) is 18.7 Å². The molecular formula is C29H28FN3O2S2. The summed E-state index contributed by atoms with van der Waals surface area (Å²) in [4.78, 5) is 27.4. The summed E-state index contributed by atoms with van der Waals surface area (Å²) < 4.78 is 21.1. The van der Waals surface area contributed by atoms with Crippen LogP contribution in [0.25, 0.3) is 21.1 Å². The number of hydrogen-bond donors (Lipinski definition) is 1. The van der Waals surface area contributed by atoms with Gasteiger partial charge in [0, 0.05) is 27.4 Å². The molecule has 0 spiro atoms. The molecule has 1 atom stereocenters. The molecule has 2 heterocycles. The Kier molecular flexibility index (Phi) is 7.48. The van der Waals surface area contributed by atoms with Gasteiger partial charge >= 0.3 is 5.69 Å². The molecule has 1 unspecified atom stereocenters. The summed E-state index contributed by atoms with van der Waals surface area (Å²) in [7, 11) is 0. The van der Waals surface area contributed by atoms with Crippen molar-refractivity contribution >= 4 is 50.3 Å². The first kappa shape index (κ1) is 25.3. The molecule has 0 aliphatic rings. The zero-order chi connectivity index (χ0) is 25.9. The van der Waals surface area contributed by atoms with E-state index in [9.17, 15) is 14.0 Å². The van der Waals surface area contributed by atoms with Gasteiger partial charge in [-0.05, 0) is 78.2 Å². The number of amides is 1. The van der Waals surface area contributed by atoms with Crippen LogP contribution in [0.1, 0.15) is 43.4 Å². The average Bonchev–Trinajstić information content (AvgIpc) is 3.42. The Hall–Kier alpha value is -3.36. The number of carbonyl (C=O) groups is 1. The van der Waals surface area contributed by atoms with Crippen LogP contribution in [0.3, 0.4) is 0 Å². The molecular weight excluding hydrogens is 505 g/mol. The van der Waals surface area contributed by atoms with Gasteiger partial charge in [-0.25, -0.2) is 9.18 Å². The second-order valence-electron chi connectivity index (χ2n) is 9.17. The van der Waals surface area contributed by atoms with E-state index in [0.717, 1.165) is 35.0 Å². The van der Waals surface area contributed by atoms with Crippen molar-refractivity contribution in [2.75, 3.05) is 0 Å². The molecule has 3 aromatic carbocycles. The van der Waals surface area contributed by atoms with Gasteiger partial charge in [-0.2, -0.15) is 0 Å². The van der Waals surface area contributed by atoms with Gasteiger partial charge < -0.3 is 0 Å². The van der Waals surface area contributed by atoms with Crippen LogP contribution < -0.4 is 10.4 Å². The lowest BCUT2D eigenvalue weighted by Crippen LogP contribution is -2.30. The third kappa shape index (κ3) is 5.22. The van der Waals surface area contributed by atoms with Gasteiger partial charge in [0.2, 0.25) is 5.91 Å². The number of carbonyl (C=O) groups excluding carboxylic acids is 1. The number of para-hydroxylation sites is 2. The molecule has 0 aliphatic heterocycles. The monoisotopic (exact) mass is 533 g/mol. The van der Waals surface area contributed by atoms with Gasteiger partial charge in [-0.1, -0.05) is 43.7 Å². The highest BCUT2D eigenvalue weighted by molar-refractivity contribution is 7.98. The molecule has 1 amide bonds. The normalized spacial score (nSPS) is 12.3. The van der Waals surface area contributed by atoms with Crippen LogP contribution in [0, 0.1) is 12.7 Å². The topological polar surface area (TPSA) is 56.0 Å². The minimum Gasteiger partial charge on any atom is -0.296 e. The lowest BCUT2D eigenvalue weighted by molar-refractivity contribution is -0.120. The number of hydrogen-bond acceptors (Lipinski definition) is 4. The number of aryl methyl sites for hydroxylation is 1. The molecule has 0 saturated heterocycles. The van der Waals surface area contributed by atoms with E-state index in [1.54, 1.807) is 28.0 Å². The summed E-state index contributed by atoms with van der Waals surface area (Å²) in [5, 5.41) is 3.34. The lowest BCUT2D eigenvalue weighted by atomic mass is 10.1. The van der Waals surface area contributed by atoms with Crippen LogP contribution in [0.5, 0.6) is 0 Å². The molecule has 5 rings (SSSR count). The number of benzene rings is 3. The molecule has 5 nitrogen and oxygen atoms in total. The van der Waals surface area contributed by atoms with Crippen LogP contribution in [0.2, 0.25) is 0 Å². The number of nitrogens with one attached hydrogen (secondary N) is 1. The van der Waals surface area contributed by atoms with Gasteiger partial charge in [0.15, 0.2) is 0 Å². The Morgan fingerprint density at radius 2 is 1.86 bits per heavy atom. The molecule has 2 aromatic heterocycles. The zero-order valence-corrected chi connectivity index (χ0v) is 22.4. The van der Waals surface area contributed by atoms with Crippen molar-refractivity contribution in [3.63, 3.8) is 0 Å². The Balaban J connectivity index is 1.47. The molecule has 0 fully saturated rings. The van der Waals surface area contributed by atoms with Crippen molar-refractivity contribution in [3.8, 4) is 0 Å². The van der Waals surface area contributed by atoms with Gasteiger partial charge in [0.05, 0.1) is 17.6 Å². The zero-order valence-electron chi connectivity index (χ0n) is 20.7. The summed E-state index contributed by atoms with van der Waals surface area (Å²) in [5.74, 6) is -0.549. The summed E-state index contributed by atoms with van der Waals surface area (Å²) >= 11 is 2.78. The number of imidazole rings is 1. The number of nitrogens with zero attached hydrogens (tertiary/aromatic N) is 2. The third-order valence-corrected chi connectivity index (χ3v) is 8.38. The Bertz CT molecular complexity index is 1640. The van der Waals surface area contributed by atoms with E-state index in [4.69, 9.17) is 0 Å². The fourth-order valence-electron chi connectivity index (χ4n) is 4.93. The van der Waals surface area contributed by atoms with Crippen molar-refractivity contribution in [1.82, 2.24) is 13.9 Å². The largest absolute Gasteiger partial charge is 0.329 e. The maximum Gasteiger partial charge on any atom is 0.329 e. The van der Waals surface area contributed by atoms with Crippen LogP contribution in [-0.4, -0.2) is 15.0 Å². The van der Waals surface area contributed by atoms with Gasteiger partial charge in [0.1, 0.15) is 5.82 Å². The van der Waals surface area contributed by atoms with Crippen molar-refractivity contribution in [3.05, 3.63) is 99.5 Å². The van der Waals surface area contributed by atoms with Crippen molar-refractivity contribution < 1.29 is 9.18 Å². The SMILES string of the molecule is CCCC(CC(=O)NSc1cccc(F)c1)n1c(=O)n(Cc2csc3cccc(C)c23)c2ccccc21. The molecule has 1 N–H and O–H groups in total. The van der Waals surface area contributed by atoms with Crippen molar-refractivity contribution in [2.24, 2.45) is 0 Å². The van der Waals surface area contributed by atoms with Crippen LogP contribution in [-0.2, 0) is 11.3 Å². The second kappa shape index (κ2) is 10.9. The quantitative estimate of drug-likeness (QED) is 0.206. The van der Waals surface area contributed by atoms with E-state index in [-0.39, 0.29) is 29.9 Å². The first-order chi connectivity index (χ1) is 18.0. The Morgan fingerprint density at radius 3 is 2.65 bits per heavy atom. The number of fused-ring (bicyclic) bond motifs is 2. The van der Waals surface area contributed by atoms with E-state index in [0.29, 0.717) is 17.9 Å². The van der Waals surface area contributed by atoms with Gasteiger partial charge in [-0.15, -0.1) is 11.3 Å². The molecule has 0 radical (unpaired) electrons. The van der Waals surface area contributed by atoms with Crippen LogP contribution in [0.4, 0.5) is 4.39 Å². The number of thiophene rings is 1. The fraction of sp³-hybridized carbons (Fsp3) is 0.241. The second-order valence-corrected chi connectivity index (χ2v) is 11.0. The summed E-state index contributed by atoms with van der Waals surface area (Å²) in [6.07, 6.45) is 1.67. The minimum atomic E-state index is -0.351.